The Bertz CT molecular complexity index is 1340. The molecule has 1 saturated carbocycles. The third-order valence-corrected chi connectivity index (χ3v) is 7.40. The van der Waals surface area contributed by atoms with Crippen LogP contribution in [0.15, 0.2) is 67.1 Å². The van der Waals surface area contributed by atoms with Crippen LogP contribution in [0.5, 0.6) is 11.5 Å². The van der Waals surface area contributed by atoms with Crippen LogP contribution in [0.4, 0.5) is 5.82 Å². The molecule has 0 radical (unpaired) electrons. The highest BCUT2D eigenvalue weighted by molar-refractivity contribution is 6.00. The van der Waals surface area contributed by atoms with Crippen LogP contribution in [0.25, 0.3) is 22.2 Å². The molecular weight excluding hydrogens is 452 g/mol. The van der Waals surface area contributed by atoms with Crippen molar-refractivity contribution in [3.8, 4) is 22.6 Å². The van der Waals surface area contributed by atoms with Crippen LogP contribution in [-0.2, 0) is 4.79 Å². The van der Waals surface area contributed by atoms with E-state index in [1.54, 1.807) is 7.05 Å². The Morgan fingerprint density at radius 3 is 2.42 bits per heavy atom. The third-order valence-electron chi connectivity index (χ3n) is 7.40. The summed E-state index contributed by atoms with van der Waals surface area (Å²) in [6, 6.07) is 18.0. The number of hydrogen-bond donors (Lipinski definition) is 3. The smallest absolute Gasteiger partial charge is 0.221 e. The Balaban J connectivity index is 1.43. The normalized spacial score (nSPS) is 19.8. The van der Waals surface area contributed by atoms with Crippen LogP contribution in [0.1, 0.15) is 38.1 Å². The molecule has 0 spiro atoms. The van der Waals surface area contributed by atoms with Crippen molar-refractivity contribution in [1.29, 1.82) is 0 Å². The minimum Gasteiger partial charge on any atom is -0.457 e. The van der Waals surface area contributed by atoms with E-state index in [1.165, 1.54) is 6.33 Å². The van der Waals surface area contributed by atoms with Crippen molar-refractivity contribution in [2.75, 3.05) is 19.8 Å². The highest BCUT2D eigenvalue weighted by Crippen LogP contribution is 2.41. The lowest BCUT2D eigenvalue weighted by Crippen LogP contribution is -2.49. The summed E-state index contributed by atoms with van der Waals surface area (Å²) in [4.78, 5) is 21.0. The molecule has 0 bridgehead atoms. The van der Waals surface area contributed by atoms with Crippen LogP contribution >= 0.6 is 0 Å². The number of amides is 1. The minimum absolute atomic E-state index is 0.0664. The van der Waals surface area contributed by atoms with Gasteiger partial charge in [-0.1, -0.05) is 30.3 Å². The number of nitrogens with one attached hydrogen (secondary N) is 2. The molecule has 8 nitrogen and oxygen atoms in total. The summed E-state index contributed by atoms with van der Waals surface area (Å²) in [5, 5.41) is 7.05. The first-order valence-corrected chi connectivity index (χ1v) is 12.4. The van der Waals surface area contributed by atoms with Gasteiger partial charge in [-0.3, -0.25) is 4.79 Å². The summed E-state index contributed by atoms with van der Waals surface area (Å²) in [5.41, 5.74) is 9.06. The van der Waals surface area contributed by atoms with E-state index >= 15 is 0 Å². The number of anilines is 1. The summed E-state index contributed by atoms with van der Waals surface area (Å²) in [6.07, 6.45) is 7.85. The fourth-order valence-corrected chi connectivity index (χ4v) is 5.28. The molecule has 8 heteroatoms. The maximum absolute atomic E-state index is 12.1. The highest BCUT2D eigenvalue weighted by atomic mass is 16.5. The first kappa shape index (κ1) is 23.8. The lowest BCUT2D eigenvalue weighted by molar-refractivity contribution is -0.122. The van der Waals surface area contributed by atoms with Crippen molar-refractivity contribution >= 4 is 22.8 Å². The summed E-state index contributed by atoms with van der Waals surface area (Å²) in [6.45, 7) is 0. The predicted molar refractivity (Wildman–Crippen MR) is 142 cm³/mol. The fraction of sp³-hybridized carbons (Fsp3) is 0.321. The Hall–Kier alpha value is -3.91. The van der Waals surface area contributed by atoms with Crippen molar-refractivity contribution < 1.29 is 9.53 Å². The van der Waals surface area contributed by atoms with Crippen LogP contribution in [0.2, 0.25) is 0 Å². The third kappa shape index (κ3) is 4.64. The van der Waals surface area contributed by atoms with E-state index in [0.29, 0.717) is 12.2 Å². The second kappa shape index (κ2) is 9.99. The first-order chi connectivity index (χ1) is 17.5. The maximum atomic E-state index is 12.1. The number of para-hydroxylation sites is 1. The number of aromatic nitrogens is 3. The van der Waals surface area contributed by atoms with Gasteiger partial charge >= 0.3 is 0 Å². The summed E-state index contributed by atoms with van der Waals surface area (Å²) in [7, 11) is 3.64. The molecular formula is C28H32N6O2. The van der Waals surface area contributed by atoms with Gasteiger partial charge in [-0.2, -0.15) is 0 Å². The SMILES string of the molecule is CNC(=O)CC1(NC)CCC(n2cc(-c3ccc(Oc4ccccc4)cc3)c3c(N)ncnc32)CC1. The molecule has 2 aromatic carbocycles. The zero-order chi connectivity index (χ0) is 25.1. The standard InChI is InChI=1S/C28H32N6O2/c1-30-24(35)16-28(31-2)14-12-20(13-15-28)34-17-23(25-26(29)32-18-33-27(25)34)19-8-10-22(11-9-19)36-21-6-4-3-5-7-21/h3-11,17-18,20,31H,12-16H2,1-2H3,(H,30,35)(H2,29,32,33). The molecule has 2 aromatic heterocycles. The summed E-state index contributed by atoms with van der Waals surface area (Å²) >= 11 is 0. The van der Waals surface area contributed by atoms with Crippen molar-refractivity contribution in [3.05, 3.63) is 67.1 Å². The zero-order valence-corrected chi connectivity index (χ0v) is 20.7. The molecule has 4 N–H and O–H groups in total. The topological polar surface area (TPSA) is 107 Å². The molecule has 0 saturated heterocycles. The molecule has 4 aromatic rings. The van der Waals surface area contributed by atoms with Gasteiger partial charge in [0.15, 0.2) is 0 Å². The Labute approximate surface area is 210 Å². The quantitative estimate of drug-likeness (QED) is 0.352. The van der Waals surface area contributed by atoms with Gasteiger partial charge < -0.3 is 25.7 Å². The number of benzene rings is 2. The zero-order valence-electron chi connectivity index (χ0n) is 20.7. The largest absolute Gasteiger partial charge is 0.457 e. The Kier molecular flexibility index (Phi) is 6.61. The number of nitrogens with two attached hydrogens (primary N) is 1. The van der Waals surface area contributed by atoms with Gasteiger partial charge in [-0.25, -0.2) is 9.97 Å². The lowest BCUT2D eigenvalue weighted by Gasteiger charge is -2.40. The minimum atomic E-state index is -0.176. The van der Waals surface area contributed by atoms with E-state index in [4.69, 9.17) is 10.5 Å². The highest BCUT2D eigenvalue weighted by Gasteiger charge is 2.36. The molecule has 0 atom stereocenters. The predicted octanol–water partition coefficient (Wildman–Crippen LogP) is 4.68. The second-order valence-corrected chi connectivity index (χ2v) is 9.46. The lowest BCUT2D eigenvalue weighted by atomic mass is 9.77. The van der Waals surface area contributed by atoms with Gasteiger partial charge in [-0.05, 0) is 62.6 Å². The van der Waals surface area contributed by atoms with Gasteiger partial charge in [0.05, 0.1) is 5.39 Å². The van der Waals surface area contributed by atoms with E-state index < -0.39 is 0 Å². The number of fused-ring (bicyclic) bond motifs is 1. The number of nitrogen functional groups attached to an aromatic ring is 1. The second-order valence-electron chi connectivity index (χ2n) is 9.46. The number of nitrogens with zero attached hydrogens (tertiary/aromatic N) is 3. The van der Waals surface area contributed by atoms with Crippen LogP contribution in [0.3, 0.4) is 0 Å². The molecule has 0 unspecified atom stereocenters. The number of ether oxygens (including phenoxy) is 1. The fourth-order valence-electron chi connectivity index (χ4n) is 5.28. The van der Waals surface area contributed by atoms with E-state index in [2.05, 4.69) is 31.4 Å². The average molecular weight is 485 g/mol. The molecule has 1 aliphatic carbocycles. The molecule has 186 valence electrons. The number of hydrogen-bond acceptors (Lipinski definition) is 6. The molecule has 1 amide bonds. The van der Waals surface area contributed by atoms with E-state index in [-0.39, 0.29) is 17.5 Å². The van der Waals surface area contributed by atoms with Crippen LogP contribution in [0, 0.1) is 0 Å². The van der Waals surface area contributed by atoms with Gasteiger partial charge in [0.1, 0.15) is 29.3 Å². The summed E-state index contributed by atoms with van der Waals surface area (Å²) < 4.78 is 8.20. The van der Waals surface area contributed by atoms with Gasteiger partial charge in [0.2, 0.25) is 5.91 Å². The average Bonchev–Trinajstić information content (AvgIpc) is 3.31. The number of carbonyl (C=O) groups excluding carboxylic acids is 1. The monoisotopic (exact) mass is 484 g/mol. The van der Waals surface area contributed by atoms with Gasteiger partial charge in [0.25, 0.3) is 0 Å². The van der Waals surface area contributed by atoms with E-state index in [0.717, 1.165) is 59.3 Å². The molecule has 1 fully saturated rings. The van der Waals surface area contributed by atoms with Crippen LogP contribution in [-0.4, -0.2) is 40.1 Å². The molecule has 2 heterocycles. The van der Waals surface area contributed by atoms with Gasteiger partial charge in [-0.15, -0.1) is 0 Å². The summed E-state index contributed by atoms with van der Waals surface area (Å²) in [5.74, 6) is 2.10. The molecule has 5 rings (SSSR count). The molecule has 0 aliphatic heterocycles. The van der Waals surface area contributed by atoms with Gasteiger partial charge in [0, 0.05) is 36.8 Å². The Morgan fingerprint density at radius 2 is 1.75 bits per heavy atom. The Morgan fingerprint density at radius 1 is 1.06 bits per heavy atom. The van der Waals surface area contributed by atoms with E-state index in [1.807, 2.05) is 61.6 Å². The maximum Gasteiger partial charge on any atom is 0.221 e. The number of rotatable bonds is 7. The first-order valence-electron chi connectivity index (χ1n) is 12.4. The molecule has 36 heavy (non-hydrogen) atoms. The van der Waals surface area contributed by atoms with E-state index in [9.17, 15) is 4.79 Å². The van der Waals surface area contributed by atoms with Crippen molar-refractivity contribution in [3.63, 3.8) is 0 Å². The van der Waals surface area contributed by atoms with Crippen molar-refractivity contribution in [2.45, 2.75) is 43.7 Å². The molecule has 1 aliphatic rings. The van der Waals surface area contributed by atoms with Crippen molar-refractivity contribution in [2.24, 2.45) is 0 Å². The van der Waals surface area contributed by atoms with Crippen molar-refractivity contribution in [1.82, 2.24) is 25.2 Å². The van der Waals surface area contributed by atoms with Crippen LogP contribution < -0.4 is 21.1 Å². The number of carbonyl (C=O) groups is 1.